The van der Waals surface area contributed by atoms with Gasteiger partial charge in [0.15, 0.2) is 11.5 Å². The minimum absolute atomic E-state index is 0.139. The van der Waals surface area contributed by atoms with Crippen molar-refractivity contribution < 1.29 is 23.5 Å². The number of nitrogens with one attached hydrogen (secondary N) is 1. The molecule has 1 aliphatic rings. The molecule has 4 rings (SSSR count). The molecule has 0 spiro atoms. The smallest absolute Gasteiger partial charge is 0.310 e. The fraction of sp³-hybridized carbons (Fsp3) is 0.458. The molecule has 1 aliphatic heterocycles. The maximum Gasteiger partial charge on any atom is 0.310 e. The Morgan fingerprint density at radius 2 is 2.03 bits per heavy atom. The van der Waals surface area contributed by atoms with E-state index in [0.29, 0.717) is 37.7 Å². The molecule has 3 heterocycles. The molecular weight excluding hydrogens is 424 g/mol. The highest BCUT2D eigenvalue weighted by Crippen LogP contribution is 2.35. The van der Waals surface area contributed by atoms with Gasteiger partial charge in [0.05, 0.1) is 38.0 Å². The van der Waals surface area contributed by atoms with Crippen molar-refractivity contribution >= 4 is 22.7 Å². The first-order valence-electron chi connectivity index (χ1n) is 11.2. The SMILES string of the molecule is CCOC(=O)[C@@H]1CCCN(c2nc3cc(OC)c(OC)cc3cc2CNCc2ccon2)C1. The molecule has 33 heavy (non-hydrogen) atoms. The Balaban J connectivity index is 1.67. The van der Waals surface area contributed by atoms with Gasteiger partial charge in [-0.3, -0.25) is 4.79 Å². The number of nitrogens with zero attached hydrogens (tertiary/aromatic N) is 3. The summed E-state index contributed by atoms with van der Waals surface area (Å²) in [6, 6.07) is 7.77. The van der Waals surface area contributed by atoms with E-state index in [9.17, 15) is 4.79 Å². The van der Waals surface area contributed by atoms with Gasteiger partial charge in [0.2, 0.25) is 0 Å². The third-order valence-corrected chi connectivity index (χ3v) is 5.83. The highest BCUT2D eigenvalue weighted by molar-refractivity contribution is 5.85. The van der Waals surface area contributed by atoms with Crippen LogP contribution < -0.4 is 19.7 Å². The molecule has 1 atom stereocenters. The van der Waals surface area contributed by atoms with Crippen LogP contribution in [0.2, 0.25) is 0 Å². The van der Waals surface area contributed by atoms with Gasteiger partial charge in [0.25, 0.3) is 0 Å². The van der Waals surface area contributed by atoms with Crippen molar-refractivity contribution in [1.29, 1.82) is 0 Å². The van der Waals surface area contributed by atoms with E-state index in [-0.39, 0.29) is 11.9 Å². The number of hydrogen-bond acceptors (Lipinski definition) is 9. The number of methoxy groups -OCH3 is 2. The lowest BCUT2D eigenvalue weighted by atomic mass is 9.97. The van der Waals surface area contributed by atoms with E-state index in [1.165, 1.54) is 0 Å². The average Bonchev–Trinajstić information content (AvgIpc) is 3.36. The molecule has 176 valence electrons. The number of pyridine rings is 1. The normalized spacial score (nSPS) is 16.1. The van der Waals surface area contributed by atoms with Gasteiger partial charge in [-0.25, -0.2) is 4.98 Å². The van der Waals surface area contributed by atoms with Crippen molar-refractivity contribution in [2.24, 2.45) is 5.92 Å². The van der Waals surface area contributed by atoms with Crippen molar-refractivity contribution in [2.45, 2.75) is 32.9 Å². The first-order chi connectivity index (χ1) is 16.1. The van der Waals surface area contributed by atoms with Crippen LogP contribution in [-0.2, 0) is 22.6 Å². The summed E-state index contributed by atoms with van der Waals surface area (Å²) in [4.78, 5) is 19.6. The van der Waals surface area contributed by atoms with E-state index in [2.05, 4.69) is 21.4 Å². The Morgan fingerprint density at radius 1 is 1.21 bits per heavy atom. The quantitative estimate of drug-likeness (QED) is 0.488. The van der Waals surface area contributed by atoms with Crippen molar-refractivity contribution in [3.05, 3.63) is 41.8 Å². The Bertz CT molecular complexity index is 1090. The highest BCUT2D eigenvalue weighted by atomic mass is 16.5. The van der Waals surface area contributed by atoms with E-state index >= 15 is 0 Å². The predicted molar refractivity (Wildman–Crippen MR) is 123 cm³/mol. The molecule has 1 saturated heterocycles. The van der Waals surface area contributed by atoms with E-state index in [0.717, 1.165) is 47.4 Å². The molecule has 9 nitrogen and oxygen atoms in total. The van der Waals surface area contributed by atoms with Crippen LogP contribution in [0.15, 0.2) is 35.1 Å². The number of piperidine rings is 1. The van der Waals surface area contributed by atoms with Crippen LogP contribution in [0.1, 0.15) is 31.0 Å². The largest absolute Gasteiger partial charge is 0.493 e. The van der Waals surface area contributed by atoms with E-state index in [1.54, 1.807) is 20.5 Å². The Morgan fingerprint density at radius 3 is 2.76 bits per heavy atom. The molecule has 9 heteroatoms. The summed E-state index contributed by atoms with van der Waals surface area (Å²) >= 11 is 0. The predicted octanol–water partition coefficient (Wildman–Crippen LogP) is 3.31. The lowest BCUT2D eigenvalue weighted by Crippen LogP contribution is -2.40. The summed E-state index contributed by atoms with van der Waals surface area (Å²) in [5.41, 5.74) is 2.67. The molecular formula is C24H30N4O5. The Labute approximate surface area is 193 Å². The lowest BCUT2D eigenvalue weighted by molar-refractivity contribution is -0.148. The van der Waals surface area contributed by atoms with Gasteiger partial charge in [0.1, 0.15) is 12.1 Å². The Hall–Kier alpha value is -3.33. The van der Waals surface area contributed by atoms with Crippen LogP contribution in [0.4, 0.5) is 5.82 Å². The standard InChI is InChI=1S/C24H30N4O5/c1-4-32-24(29)16-6-5-8-28(15-16)23-18(13-25-14-19-7-9-33-27-19)10-17-11-21(30-2)22(31-3)12-20(17)26-23/h7,9-12,16,25H,4-6,8,13-15H2,1-3H3/t16-/m1/s1. The number of hydrogen-bond donors (Lipinski definition) is 1. The maximum atomic E-state index is 12.4. The number of aromatic nitrogens is 2. The molecule has 0 saturated carbocycles. The second-order valence-corrected chi connectivity index (χ2v) is 8.00. The van der Waals surface area contributed by atoms with Crippen LogP contribution in [0.25, 0.3) is 10.9 Å². The average molecular weight is 455 g/mol. The molecule has 0 amide bonds. The molecule has 1 N–H and O–H groups in total. The molecule has 1 fully saturated rings. The monoisotopic (exact) mass is 454 g/mol. The van der Waals surface area contributed by atoms with Crippen molar-refractivity contribution in [3.63, 3.8) is 0 Å². The summed E-state index contributed by atoms with van der Waals surface area (Å²) in [5.74, 6) is 1.85. The number of fused-ring (bicyclic) bond motifs is 1. The van der Waals surface area contributed by atoms with Crippen LogP contribution in [-0.4, -0.2) is 50.0 Å². The summed E-state index contributed by atoms with van der Waals surface area (Å²) in [5, 5.41) is 8.32. The molecule has 0 bridgehead atoms. The minimum Gasteiger partial charge on any atom is -0.493 e. The Kier molecular flexibility index (Phi) is 7.29. The van der Waals surface area contributed by atoms with Crippen LogP contribution in [0.5, 0.6) is 11.5 Å². The molecule has 1 aromatic carbocycles. The van der Waals surface area contributed by atoms with Crippen molar-refractivity contribution in [1.82, 2.24) is 15.5 Å². The van der Waals surface area contributed by atoms with Gasteiger partial charge in [0, 0.05) is 49.3 Å². The zero-order valence-corrected chi connectivity index (χ0v) is 19.3. The highest BCUT2D eigenvalue weighted by Gasteiger charge is 2.29. The number of rotatable bonds is 9. The van der Waals surface area contributed by atoms with Crippen LogP contribution in [0, 0.1) is 5.92 Å². The zero-order chi connectivity index (χ0) is 23.2. The van der Waals surface area contributed by atoms with Gasteiger partial charge >= 0.3 is 5.97 Å². The second-order valence-electron chi connectivity index (χ2n) is 8.00. The first kappa shape index (κ1) is 22.8. The molecule has 3 aromatic rings. The number of carbonyl (C=O) groups excluding carboxylic acids is 1. The number of benzene rings is 1. The fourth-order valence-electron chi connectivity index (χ4n) is 4.21. The fourth-order valence-corrected chi connectivity index (χ4v) is 4.21. The van der Waals surface area contributed by atoms with Crippen LogP contribution >= 0.6 is 0 Å². The summed E-state index contributed by atoms with van der Waals surface area (Å²) < 4.78 is 21.1. The minimum atomic E-state index is -0.155. The van der Waals surface area contributed by atoms with Crippen LogP contribution in [0.3, 0.4) is 0 Å². The maximum absolute atomic E-state index is 12.4. The third-order valence-electron chi connectivity index (χ3n) is 5.83. The molecule has 0 aliphatic carbocycles. The summed E-state index contributed by atoms with van der Waals surface area (Å²) in [7, 11) is 3.23. The summed E-state index contributed by atoms with van der Waals surface area (Å²) in [6.45, 7) is 4.80. The number of ether oxygens (including phenoxy) is 3. The van der Waals surface area contributed by atoms with Gasteiger partial charge in [-0.2, -0.15) is 0 Å². The third kappa shape index (κ3) is 5.19. The van der Waals surface area contributed by atoms with E-state index in [4.69, 9.17) is 23.7 Å². The molecule has 0 radical (unpaired) electrons. The van der Waals surface area contributed by atoms with E-state index in [1.807, 2.05) is 25.1 Å². The number of carbonyl (C=O) groups is 1. The van der Waals surface area contributed by atoms with Gasteiger partial charge < -0.3 is 29.0 Å². The lowest BCUT2D eigenvalue weighted by Gasteiger charge is -2.34. The zero-order valence-electron chi connectivity index (χ0n) is 19.3. The molecule has 2 aromatic heterocycles. The van der Waals surface area contributed by atoms with Gasteiger partial charge in [-0.05, 0) is 31.9 Å². The first-order valence-corrected chi connectivity index (χ1v) is 11.2. The van der Waals surface area contributed by atoms with Gasteiger partial charge in [-0.1, -0.05) is 5.16 Å². The number of esters is 1. The van der Waals surface area contributed by atoms with Gasteiger partial charge in [-0.15, -0.1) is 0 Å². The van der Waals surface area contributed by atoms with Crippen molar-refractivity contribution in [2.75, 3.05) is 38.8 Å². The number of anilines is 1. The second kappa shape index (κ2) is 10.5. The topological polar surface area (TPSA) is 99.0 Å². The summed E-state index contributed by atoms with van der Waals surface area (Å²) in [6.07, 6.45) is 3.29. The molecule has 0 unspecified atom stereocenters. The van der Waals surface area contributed by atoms with Crippen molar-refractivity contribution in [3.8, 4) is 11.5 Å². The van der Waals surface area contributed by atoms with E-state index < -0.39 is 0 Å².